The Kier molecular flexibility index (Phi) is 8.12. The normalized spacial score (nSPS) is 11.0. The third-order valence-electron chi connectivity index (χ3n) is 3.77. The van der Waals surface area contributed by atoms with Crippen LogP contribution in [0.25, 0.3) is 11.3 Å². The van der Waals surface area contributed by atoms with Crippen molar-refractivity contribution in [1.82, 2.24) is 9.97 Å². The van der Waals surface area contributed by atoms with Crippen molar-refractivity contribution in [2.45, 2.75) is 18.4 Å². The molecule has 0 atom stereocenters. The molecule has 6 nitrogen and oxygen atoms in total. The lowest BCUT2D eigenvalue weighted by Gasteiger charge is -2.09. The number of aromatic nitrogens is 2. The smallest absolute Gasteiger partial charge is 0.387 e. The highest BCUT2D eigenvalue weighted by atomic mass is 35.5. The summed E-state index contributed by atoms with van der Waals surface area (Å²) >= 11 is 6.93. The summed E-state index contributed by atoms with van der Waals surface area (Å²) in [6.45, 7) is -5.92. The van der Waals surface area contributed by atoms with Gasteiger partial charge in [-0.3, -0.25) is 4.79 Å². The Balaban J connectivity index is 1.58. The second-order valence-electron chi connectivity index (χ2n) is 5.99. The van der Waals surface area contributed by atoms with E-state index in [9.17, 15) is 22.4 Å². The summed E-state index contributed by atoms with van der Waals surface area (Å²) in [5, 5.41) is 2.83. The summed E-state index contributed by atoms with van der Waals surface area (Å²) in [7, 11) is 0. The molecule has 168 valence electrons. The van der Waals surface area contributed by atoms with E-state index in [1.807, 2.05) is 0 Å². The van der Waals surface area contributed by atoms with Crippen LogP contribution in [0.5, 0.6) is 11.5 Å². The second-order valence-corrected chi connectivity index (χ2v) is 7.34. The van der Waals surface area contributed by atoms with Gasteiger partial charge < -0.3 is 14.8 Å². The van der Waals surface area contributed by atoms with Crippen LogP contribution < -0.4 is 14.8 Å². The van der Waals surface area contributed by atoms with Gasteiger partial charge in [0.15, 0.2) is 5.16 Å². The fraction of sp³-hybridized carbons (Fsp3) is 0.150. The lowest BCUT2D eigenvalue weighted by molar-refractivity contribution is -0.113. The number of nitrogens with zero attached hydrogens (tertiary/aromatic N) is 2. The van der Waals surface area contributed by atoms with Crippen molar-refractivity contribution >= 4 is 35.0 Å². The SMILES string of the molecule is O=C(CSc1nccc(-c2ccc(OC(F)F)cc2)n1)Nc1ccc(OC(F)F)c(Cl)c1. The van der Waals surface area contributed by atoms with Crippen LogP contribution in [0, 0.1) is 0 Å². The summed E-state index contributed by atoms with van der Waals surface area (Å²) in [4.78, 5) is 20.6. The molecule has 0 saturated carbocycles. The molecule has 0 fully saturated rings. The van der Waals surface area contributed by atoms with Gasteiger partial charge in [0.1, 0.15) is 11.5 Å². The Morgan fingerprint density at radius 2 is 1.75 bits per heavy atom. The standard InChI is InChI=1S/C20H14ClF4N3O3S/c21-14-9-12(3-6-16(14)31-19(24)25)27-17(29)10-32-20-26-8-7-15(28-20)11-1-4-13(5-2-11)30-18(22)23/h1-9,18-19H,10H2,(H,27,29). The highest BCUT2D eigenvalue weighted by molar-refractivity contribution is 7.99. The number of carbonyl (C=O) groups excluding carboxylic acids is 1. The first-order valence-corrected chi connectivity index (χ1v) is 10.2. The molecule has 0 unspecified atom stereocenters. The molecular weight excluding hydrogens is 474 g/mol. The zero-order chi connectivity index (χ0) is 23.1. The molecule has 0 spiro atoms. The van der Waals surface area contributed by atoms with Gasteiger partial charge in [0.2, 0.25) is 5.91 Å². The van der Waals surface area contributed by atoms with Gasteiger partial charge in [-0.25, -0.2) is 9.97 Å². The van der Waals surface area contributed by atoms with E-state index < -0.39 is 19.1 Å². The molecule has 3 rings (SSSR count). The number of ether oxygens (including phenoxy) is 2. The highest BCUT2D eigenvalue weighted by Crippen LogP contribution is 2.29. The van der Waals surface area contributed by atoms with E-state index in [-0.39, 0.29) is 22.3 Å². The van der Waals surface area contributed by atoms with Gasteiger partial charge in [0.25, 0.3) is 0 Å². The number of halogens is 5. The summed E-state index contributed by atoms with van der Waals surface area (Å²) in [6.07, 6.45) is 1.51. The fourth-order valence-corrected chi connectivity index (χ4v) is 3.33. The van der Waals surface area contributed by atoms with Crippen molar-refractivity contribution in [2.24, 2.45) is 0 Å². The second kappa shape index (κ2) is 11.0. The lowest BCUT2D eigenvalue weighted by Crippen LogP contribution is -2.14. The van der Waals surface area contributed by atoms with Crippen molar-refractivity contribution in [2.75, 3.05) is 11.1 Å². The first kappa shape index (κ1) is 23.6. The zero-order valence-corrected chi connectivity index (χ0v) is 17.5. The first-order chi connectivity index (χ1) is 15.3. The Hall–Kier alpha value is -3.05. The van der Waals surface area contributed by atoms with Crippen molar-refractivity contribution in [3.05, 3.63) is 59.8 Å². The molecule has 3 aromatic rings. The van der Waals surface area contributed by atoms with Crippen molar-refractivity contribution in [3.63, 3.8) is 0 Å². The average molecular weight is 488 g/mol. The van der Waals surface area contributed by atoms with Crippen LogP contribution in [0.2, 0.25) is 5.02 Å². The number of anilines is 1. The molecule has 0 radical (unpaired) electrons. The lowest BCUT2D eigenvalue weighted by atomic mass is 10.1. The predicted octanol–water partition coefficient (Wildman–Crippen LogP) is 5.73. The van der Waals surface area contributed by atoms with Gasteiger partial charge in [-0.2, -0.15) is 17.6 Å². The molecule has 12 heteroatoms. The van der Waals surface area contributed by atoms with Crippen LogP contribution >= 0.6 is 23.4 Å². The molecule has 1 heterocycles. The maximum Gasteiger partial charge on any atom is 0.387 e. The van der Waals surface area contributed by atoms with Crippen LogP contribution in [0.1, 0.15) is 0 Å². The van der Waals surface area contributed by atoms with Gasteiger partial charge in [-0.05, 0) is 48.5 Å². The minimum absolute atomic E-state index is 0.0259. The van der Waals surface area contributed by atoms with Gasteiger partial charge in [-0.15, -0.1) is 0 Å². The minimum atomic E-state index is -3.01. The molecule has 0 aliphatic carbocycles. The van der Waals surface area contributed by atoms with Crippen molar-refractivity contribution in [3.8, 4) is 22.8 Å². The third-order valence-corrected chi connectivity index (χ3v) is 4.93. The third kappa shape index (κ3) is 6.99. The summed E-state index contributed by atoms with van der Waals surface area (Å²) in [6, 6.07) is 11.5. The predicted molar refractivity (Wildman–Crippen MR) is 112 cm³/mol. The highest BCUT2D eigenvalue weighted by Gasteiger charge is 2.12. The van der Waals surface area contributed by atoms with Gasteiger partial charge in [0.05, 0.1) is 16.5 Å². The van der Waals surface area contributed by atoms with Crippen LogP contribution in [-0.4, -0.2) is 34.9 Å². The molecule has 1 aromatic heterocycles. The Bertz CT molecular complexity index is 1070. The summed E-state index contributed by atoms with van der Waals surface area (Å²) in [5.41, 5.74) is 1.50. The van der Waals surface area contributed by atoms with E-state index in [1.165, 1.54) is 36.5 Å². The van der Waals surface area contributed by atoms with Gasteiger partial charge in [0, 0.05) is 17.4 Å². The number of nitrogens with one attached hydrogen (secondary N) is 1. The van der Waals surface area contributed by atoms with E-state index in [0.717, 1.165) is 11.8 Å². The van der Waals surface area contributed by atoms with Crippen molar-refractivity contribution in [1.29, 1.82) is 0 Å². The van der Waals surface area contributed by atoms with Crippen molar-refractivity contribution < 1.29 is 31.8 Å². The quantitative estimate of drug-likeness (QED) is 0.236. The summed E-state index contributed by atoms with van der Waals surface area (Å²) < 4.78 is 57.6. The molecule has 1 N–H and O–H groups in total. The monoisotopic (exact) mass is 487 g/mol. The molecule has 32 heavy (non-hydrogen) atoms. The van der Waals surface area contributed by atoms with E-state index in [1.54, 1.807) is 18.2 Å². The molecule has 0 aliphatic heterocycles. The minimum Gasteiger partial charge on any atom is -0.435 e. The first-order valence-electron chi connectivity index (χ1n) is 8.85. The Labute approximate surface area is 188 Å². The summed E-state index contributed by atoms with van der Waals surface area (Å²) in [5.74, 6) is -0.598. The maximum atomic E-state index is 12.3. The number of hydrogen-bond donors (Lipinski definition) is 1. The fourth-order valence-electron chi connectivity index (χ4n) is 2.48. The topological polar surface area (TPSA) is 73.3 Å². The van der Waals surface area contributed by atoms with Crippen LogP contribution in [-0.2, 0) is 4.79 Å². The molecule has 0 saturated heterocycles. The van der Waals surface area contributed by atoms with Gasteiger partial charge >= 0.3 is 13.2 Å². The molecule has 2 aromatic carbocycles. The molecular formula is C20H14ClF4N3O3S. The maximum absolute atomic E-state index is 12.3. The molecule has 1 amide bonds. The number of hydrogen-bond acceptors (Lipinski definition) is 6. The number of thioether (sulfide) groups is 1. The Morgan fingerprint density at radius 1 is 1.03 bits per heavy atom. The number of alkyl halides is 4. The number of rotatable bonds is 9. The molecule has 0 bridgehead atoms. The average Bonchev–Trinajstić information content (AvgIpc) is 2.74. The number of amides is 1. The van der Waals surface area contributed by atoms with E-state index in [0.29, 0.717) is 22.1 Å². The Morgan fingerprint density at radius 3 is 2.41 bits per heavy atom. The number of carbonyl (C=O) groups is 1. The van der Waals surface area contributed by atoms with Gasteiger partial charge in [-0.1, -0.05) is 23.4 Å². The zero-order valence-electron chi connectivity index (χ0n) is 16.0. The van der Waals surface area contributed by atoms with E-state index in [2.05, 4.69) is 24.8 Å². The largest absolute Gasteiger partial charge is 0.435 e. The van der Waals surface area contributed by atoms with Crippen LogP contribution in [0.4, 0.5) is 23.2 Å². The van der Waals surface area contributed by atoms with E-state index >= 15 is 0 Å². The van der Waals surface area contributed by atoms with Crippen LogP contribution in [0.3, 0.4) is 0 Å². The van der Waals surface area contributed by atoms with Crippen LogP contribution in [0.15, 0.2) is 59.9 Å². The number of benzene rings is 2. The van der Waals surface area contributed by atoms with E-state index in [4.69, 9.17) is 11.6 Å². The molecule has 0 aliphatic rings.